The highest BCUT2D eigenvalue weighted by Crippen LogP contribution is 2.47. The first-order valence-corrected chi connectivity index (χ1v) is 17.9. The number of carbonyl (C=O) groups is 3. The Labute approximate surface area is 271 Å². The molecule has 0 aliphatic heterocycles. The number of carbonyl (C=O) groups excluding carboxylic acids is 3. The van der Waals surface area contributed by atoms with Crippen LogP contribution in [0.25, 0.3) is 0 Å². The molecule has 15 heteroatoms. The second-order valence-corrected chi connectivity index (χ2v) is 13.0. The zero-order chi connectivity index (χ0) is 34.4. The van der Waals surface area contributed by atoms with Crippen LogP contribution in [0.1, 0.15) is 110 Å². The van der Waals surface area contributed by atoms with Gasteiger partial charge in [0.05, 0.1) is 13.0 Å². The van der Waals surface area contributed by atoms with Gasteiger partial charge in [-0.15, -0.1) is 0 Å². The number of phosphoric acid groups is 1. The molecule has 0 heterocycles. The highest BCUT2D eigenvalue weighted by Gasteiger charge is 2.51. The molecular formula is C31H55O14P. The molecule has 1 aliphatic carbocycles. The van der Waals surface area contributed by atoms with Gasteiger partial charge in [-0.25, -0.2) is 4.57 Å². The molecule has 1 aliphatic rings. The van der Waals surface area contributed by atoms with E-state index in [2.05, 4.69) is 19.1 Å². The summed E-state index contributed by atoms with van der Waals surface area (Å²) in [5.74, 6) is -1.44. The molecule has 8 atom stereocenters. The van der Waals surface area contributed by atoms with Crippen molar-refractivity contribution in [2.75, 3.05) is 13.2 Å². The van der Waals surface area contributed by atoms with Crippen molar-refractivity contribution in [2.24, 2.45) is 0 Å². The van der Waals surface area contributed by atoms with Gasteiger partial charge in [0.15, 0.2) is 6.10 Å². The molecule has 1 rings (SSSR count). The standard InChI is InChI=1S/C31H55O14P/c1-2-3-4-5-6-7-8-9-10-11-12-13-14-15-16-18-24(33)42-21-23(44-25(34)19-17-20-32)22-43-46(40,41)45-31-29(38)27(36)26(35)28(37)30(31)39/h9-10,20,23,26-31,35-39H,2-8,11-19,21-22H2,1H3,(H,40,41)/b10-9-/t23-,26?,27-,28?,29?,30?,31?/m1/s1. The minimum absolute atomic E-state index is 0.111. The quantitative estimate of drug-likeness (QED) is 0.0254. The number of ether oxygens (including phenoxy) is 2. The van der Waals surface area contributed by atoms with Crippen LogP contribution in [0.15, 0.2) is 12.2 Å². The third-order valence-electron chi connectivity index (χ3n) is 7.59. The molecular weight excluding hydrogens is 627 g/mol. The topological polar surface area (TPSA) is 227 Å². The predicted octanol–water partition coefficient (Wildman–Crippen LogP) is 2.78. The molecule has 0 saturated heterocycles. The SMILES string of the molecule is CCCCCCCC/C=C\CCCCCCCC(=O)OC[C@H](COP(=O)(O)OC1C(O)C(O)C(O)[C@@H](O)C1O)OC(=O)CCC=O. The number of hydrogen-bond acceptors (Lipinski definition) is 13. The zero-order valence-electron chi connectivity index (χ0n) is 26.9. The Morgan fingerprint density at radius 1 is 0.696 bits per heavy atom. The van der Waals surface area contributed by atoms with Gasteiger partial charge in [0.2, 0.25) is 0 Å². The maximum absolute atomic E-state index is 12.5. The number of rotatable bonds is 26. The molecule has 6 N–H and O–H groups in total. The van der Waals surface area contributed by atoms with Crippen molar-refractivity contribution in [1.82, 2.24) is 0 Å². The van der Waals surface area contributed by atoms with Gasteiger partial charge in [-0.2, -0.15) is 0 Å². The Kier molecular flexibility index (Phi) is 22.4. The van der Waals surface area contributed by atoms with E-state index in [1.54, 1.807) is 0 Å². The van der Waals surface area contributed by atoms with Gasteiger partial charge in [-0.3, -0.25) is 18.6 Å². The number of aliphatic hydroxyl groups excluding tert-OH is 5. The van der Waals surface area contributed by atoms with E-state index in [0.717, 1.165) is 38.5 Å². The predicted molar refractivity (Wildman–Crippen MR) is 166 cm³/mol. The van der Waals surface area contributed by atoms with Crippen molar-refractivity contribution < 1.29 is 67.9 Å². The van der Waals surface area contributed by atoms with E-state index in [0.29, 0.717) is 12.7 Å². The molecule has 6 unspecified atom stereocenters. The summed E-state index contributed by atoms with van der Waals surface area (Å²) in [6.45, 7) is 0.859. The lowest BCUT2D eigenvalue weighted by Crippen LogP contribution is -2.64. The maximum atomic E-state index is 12.5. The average molecular weight is 683 g/mol. The van der Waals surface area contributed by atoms with E-state index in [4.69, 9.17) is 18.5 Å². The smallest absolute Gasteiger partial charge is 0.462 e. The van der Waals surface area contributed by atoms with E-state index >= 15 is 0 Å². The molecule has 0 spiro atoms. The van der Waals surface area contributed by atoms with Crippen LogP contribution in [0.4, 0.5) is 0 Å². The van der Waals surface area contributed by atoms with Crippen LogP contribution < -0.4 is 0 Å². The molecule has 1 saturated carbocycles. The number of hydrogen-bond donors (Lipinski definition) is 6. The third-order valence-corrected chi connectivity index (χ3v) is 8.57. The third kappa shape index (κ3) is 18.0. The number of esters is 2. The first kappa shape index (κ1) is 42.3. The molecule has 0 aromatic carbocycles. The normalized spacial score (nSPS) is 25.2. The van der Waals surface area contributed by atoms with Crippen LogP contribution in [0.5, 0.6) is 0 Å². The Hall–Kier alpha value is -1.74. The summed E-state index contributed by atoms with van der Waals surface area (Å²) in [4.78, 5) is 45.0. The molecule has 46 heavy (non-hydrogen) atoms. The fraction of sp³-hybridized carbons (Fsp3) is 0.839. The van der Waals surface area contributed by atoms with Crippen molar-refractivity contribution in [2.45, 2.75) is 152 Å². The van der Waals surface area contributed by atoms with Gasteiger partial charge in [-0.05, 0) is 32.1 Å². The molecule has 1 fully saturated rings. The Bertz CT molecular complexity index is 915. The Morgan fingerprint density at radius 3 is 1.78 bits per heavy atom. The minimum atomic E-state index is -5.14. The van der Waals surface area contributed by atoms with Gasteiger partial charge in [-0.1, -0.05) is 70.4 Å². The van der Waals surface area contributed by atoms with Crippen molar-refractivity contribution in [3.05, 3.63) is 12.2 Å². The number of unbranched alkanes of at least 4 members (excludes halogenated alkanes) is 11. The summed E-state index contributed by atoms with van der Waals surface area (Å²) >= 11 is 0. The summed E-state index contributed by atoms with van der Waals surface area (Å²) in [6, 6.07) is 0. The largest absolute Gasteiger partial charge is 0.472 e. The molecule has 268 valence electrons. The molecule has 0 aromatic rings. The molecule has 0 amide bonds. The summed E-state index contributed by atoms with van der Waals surface area (Å²) in [7, 11) is -5.14. The second-order valence-electron chi connectivity index (χ2n) is 11.6. The van der Waals surface area contributed by atoms with Crippen LogP contribution >= 0.6 is 7.82 Å². The summed E-state index contributed by atoms with van der Waals surface area (Å²) in [6.07, 6.45) is 5.60. The summed E-state index contributed by atoms with van der Waals surface area (Å²) in [5, 5.41) is 49.3. The molecule has 0 aromatic heterocycles. The highest BCUT2D eigenvalue weighted by atomic mass is 31.2. The van der Waals surface area contributed by atoms with Crippen molar-refractivity contribution in [3.63, 3.8) is 0 Å². The van der Waals surface area contributed by atoms with Gasteiger partial charge in [0, 0.05) is 12.8 Å². The average Bonchev–Trinajstić information content (AvgIpc) is 3.03. The number of phosphoric ester groups is 1. The number of aldehydes is 1. The van der Waals surface area contributed by atoms with Crippen LogP contribution in [-0.4, -0.2) is 105 Å². The summed E-state index contributed by atoms with van der Waals surface area (Å²) < 4.78 is 32.3. The monoisotopic (exact) mass is 682 g/mol. The van der Waals surface area contributed by atoms with Crippen molar-refractivity contribution in [1.29, 1.82) is 0 Å². The Morgan fingerprint density at radius 2 is 1.22 bits per heavy atom. The lowest BCUT2D eigenvalue weighted by Gasteiger charge is -2.41. The summed E-state index contributed by atoms with van der Waals surface area (Å²) in [5.41, 5.74) is 0. The fourth-order valence-electron chi connectivity index (χ4n) is 4.82. The van der Waals surface area contributed by atoms with E-state index in [1.807, 2.05) is 0 Å². The Balaban J connectivity index is 2.40. The van der Waals surface area contributed by atoms with Crippen LogP contribution in [0.3, 0.4) is 0 Å². The van der Waals surface area contributed by atoms with Crippen molar-refractivity contribution >= 4 is 26.0 Å². The lowest BCUT2D eigenvalue weighted by molar-refractivity contribution is -0.220. The van der Waals surface area contributed by atoms with Gasteiger partial charge < -0.3 is 44.7 Å². The van der Waals surface area contributed by atoms with Crippen molar-refractivity contribution in [3.8, 4) is 0 Å². The van der Waals surface area contributed by atoms with Crippen LogP contribution in [0, 0.1) is 0 Å². The molecule has 0 bridgehead atoms. The van der Waals surface area contributed by atoms with E-state index in [1.165, 1.54) is 38.5 Å². The van der Waals surface area contributed by atoms with E-state index in [-0.39, 0.29) is 19.3 Å². The van der Waals surface area contributed by atoms with Crippen LogP contribution in [-0.2, 0) is 37.5 Å². The second kappa shape index (κ2) is 24.4. The van der Waals surface area contributed by atoms with E-state index < -0.39 is 75.7 Å². The van der Waals surface area contributed by atoms with E-state index in [9.17, 15) is 49.4 Å². The van der Waals surface area contributed by atoms with Gasteiger partial charge in [0.25, 0.3) is 0 Å². The number of allylic oxidation sites excluding steroid dienone is 2. The lowest BCUT2D eigenvalue weighted by atomic mass is 9.85. The molecule has 0 radical (unpaired) electrons. The first-order valence-electron chi connectivity index (χ1n) is 16.4. The zero-order valence-corrected chi connectivity index (χ0v) is 27.8. The first-order chi connectivity index (χ1) is 21.9. The molecule has 14 nitrogen and oxygen atoms in total. The highest BCUT2D eigenvalue weighted by molar-refractivity contribution is 7.47. The maximum Gasteiger partial charge on any atom is 0.472 e. The van der Waals surface area contributed by atoms with Gasteiger partial charge >= 0.3 is 19.8 Å². The number of aliphatic hydroxyl groups is 5. The fourth-order valence-corrected chi connectivity index (χ4v) is 5.79. The van der Waals surface area contributed by atoms with Crippen LogP contribution in [0.2, 0.25) is 0 Å². The van der Waals surface area contributed by atoms with Gasteiger partial charge in [0.1, 0.15) is 49.5 Å². The minimum Gasteiger partial charge on any atom is -0.462 e.